The van der Waals surface area contributed by atoms with Crippen molar-refractivity contribution < 1.29 is 8.42 Å². The van der Waals surface area contributed by atoms with Gasteiger partial charge in [0.2, 0.25) is 10.0 Å². The average molecular weight is 326 g/mol. The number of hydrogen-bond acceptors (Lipinski definition) is 4. The summed E-state index contributed by atoms with van der Waals surface area (Å²) < 4.78 is 25.8. The predicted octanol–water partition coefficient (Wildman–Crippen LogP) is 2.86. The summed E-state index contributed by atoms with van der Waals surface area (Å²) in [4.78, 5) is 7.26. The molecular formula is C16H14N4O2S. The SMILES string of the molecule is CCS(=O)(=O)Nc1ccc(-c2ccnc3[nH]ccc23)c(C#N)c1. The van der Waals surface area contributed by atoms with Gasteiger partial charge in [0.15, 0.2) is 0 Å². The Morgan fingerprint density at radius 1 is 1.26 bits per heavy atom. The molecule has 2 aromatic heterocycles. The lowest BCUT2D eigenvalue weighted by Gasteiger charge is -2.10. The topological polar surface area (TPSA) is 98.6 Å². The number of nitriles is 1. The largest absolute Gasteiger partial charge is 0.346 e. The summed E-state index contributed by atoms with van der Waals surface area (Å²) in [5.41, 5.74) is 3.13. The first-order chi connectivity index (χ1) is 11.0. The Hall–Kier alpha value is -2.85. The van der Waals surface area contributed by atoms with Crippen LogP contribution in [0.4, 0.5) is 5.69 Å². The van der Waals surface area contributed by atoms with Gasteiger partial charge in [-0.1, -0.05) is 6.07 Å². The summed E-state index contributed by atoms with van der Waals surface area (Å²) >= 11 is 0. The van der Waals surface area contributed by atoms with E-state index in [1.54, 1.807) is 37.5 Å². The van der Waals surface area contributed by atoms with E-state index >= 15 is 0 Å². The van der Waals surface area contributed by atoms with E-state index in [2.05, 4.69) is 20.8 Å². The van der Waals surface area contributed by atoms with Crippen LogP contribution < -0.4 is 4.72 Å². The van der Waals surface area contributed by atoms with Crippen molar-refractivity contribution >= 4 is 26.7 Å². The molecule has 0 aliphatic carbocycles. The number of hydrogen-bond donors (Lipinski definition) is 2. The van der Waals surface area contributed by atoms with Crippen LogP contribution >= 0.6 is 0 Å². The molecule has 0 saturated heterocycles. The smallest absolute Gasteiger partial charge is 0.232 e. The second-order valence-corrected chi connectivity index (χ2v) is 6.99. The number of rotatable bonds is 4. The Morgan fingerprint density at radius 2 is 2.09 bits per heavy atom. The molecule has 116 valence electrons. The number of fused-ring (bicyclic) bond motifs is 1. The zero-order chi connectivity index (χ0) is 16.4. The third-order valence-electron chi connectivity index (χ3n) is 3.54. The van der Waals surface area contributed by atoms with Crippen molar-refractivity contribution in [3.05, 3.63) is 48.3 Å². The minimum Gasteiger partial charge on any atom is -0.346 e. The van der Waals surface area contributed by atoms with Crippen molar-refractivity contribution in [1.82, 2.24) is 9.97 Å². The van der Waals surface area contributed by atoms with Crippen LogP contribution in [0.2, 0.25) is 0 Å². The highest BCUT2D eigenvalue weighted by atomic mass is 32.2. The predicted molar refractivity (Wildman–Crippen MR) is 89.3 cm³/mol. The third-order valence-corrected chi connectivity index (χ3v) is 4.85. The van der Waals surface area contributed by atoms with E-state index in [1.165, 1.54) is 0 Å². The van der Waals surface area contributed by atoms with Crippen LogP contribution in [0.15, 0.2) is 42.7 Å². The molecule has 3 aromatic rings. The van der Waals surface area contributed by atoms with Crippen molar-refractivity contribution in [2.24, 2.45) is 0 Å². The molecule has 0 unspecified atom stereocenters. The number of H-pyrrole nitrogens is 1. The molecule has 2 N–H and O–H groups in total. The molecule has 3 rings (SSSR count). The molecular weight excluding hydrogens is 312 g/mol. The number of aromatic amines is 1. The second-order valence-electron chi connectivity index (χ2n) is 4.98. The molecule has 0 bridgehead atoms. The second kappa shape index (κ2) is 5.74. The van der Waals surface area contributed by atoms with E-state index in [0.717, 1.165) is 22.2 Å². The van der Waals surface area contributed by atoms with Crippen LogP contribution in [-0.2, 0) is 10.0 Å². The van der Waals surface area contributed by atoms with Crippen LogP contribution in [0.5, 0.6) is 0 Å². The van der Waals surface area contributed by atoms with E-state index in [9.17, 15) is 13.7 Å². The summed E-state index contributed by atoms with van der Waals surface area (Å²) in [7, 11) is -3.38. The standard InChI is InChI=1S/C16H14N4O2S/c1-2-23(21,22)20-12-3-4-13(11(9-12)10-17)14-5-7-18-16-15(14)6-8-19-16/h3-9,20H,2H2,1H3,(H,18,19). The fourth-order valence-corrected chi connectivity index (χ4v) is 3.01. The van der Waals surface area contributed by atoms with Gasteiger partial charge in [0.05, 0.1) is 17.4 Å². The lowest BCUT2D eigenvalue weighted by atomic mass is 9.98. The summed E-state index contributed by atoms with van der Waals surface area (Å²) in [5.74, 6) is -0.0229. The van der Waals surface area contributed by atoms with E-state index in [-0.39, 0.29) is 5.75 Å². The van der Waals surface area contributed by atoms with Crippen molar-refractivity contribution in [1.29, 1.82) is 5.26 Å². The van der Waals surface area contributed by atoms with Gasteiger partial charge < -0.3 is 4.98 Å². The quantitative estimate of drug-likeness (QED) is 0.770. The van der Waals surface area contributed by atoms with Crippen molar-refractivity contribution in [2.45, 2.75) is 6.92 Å². The highest BCUT2D eigenvalue weighted by Crippen LogP contribution is 2.31. The first kappa shape index (κ1) is 15.1. The Morgan fingerprint density at radius 3 is 2.83 bits per heavy atom. The maximum Gasteiger partial charge on any atom is 0.232 e. The molecule has 0 radical (unpaired) electrons. The first-order valence-corrected chi connectivity index (χ1v) is 8.66. The molecule has 0 amide bonds. The van der Waals surface area contributed by atoms with Crippen molar-refractivity contribution in [2.75, 3.05) is 10.5 Å². The van der Waals surface area contributed by atoms with Crippen LogP contribution in [0.25, 0.3) is 22.2 Å². The molecule has 7 heteroatoms. The van der Waals surface area contributed by atoms with Crippen LogP contribution in [0, 0.1) is 11.3 Å². The summed E-state index contributed by atoms with van der Waals surface area (Å²) in [6.07, 6.45) is 3.46. The summed E-state index contributed by atoms with van der Waals surface area (Å²) in [5, 5.41) is 10.3. The summed E-state index contributed by atoms with van der Waals surface area (Å²) in [6, 6.07) is 10.8. The van der Waals surface area contributed by atoms with E-state index in [0.29, 0.717) is 11.3 Å². The molecule has 0 fully saturated rings. The number of anilines is 1. The molecule has 23 heavy (non-hydrogen) atoms. The molecule has 6 nitrogen and oxygen atoms in total. The van der Waals surface area contributed by atoms with Gasteiger partial charge in [-0.15, -0.1) is 0 Å². The first-order valence-electron chi connectivity index (χ1n) is 7.01. The Bertz CT molecular complexity index is 1020. The number of nitrogens with zero attached hydrogens (tertiary/aromatic N) is 2. The average Bonchev–Trinajstić information content (AvgIpc) is 3.03. The number of nitrogens with one attached hydrogen (secondary N) is 2. The Balaban J connectivity index is 2.11. The fraction of sp³-hybridized carbons (Fsp3) is 0.125. The van der Waals surface area contributed by atoms with Crippen LogP contribution in [-0.4, -0.2) is 24.1 Å². The van der Waals surface area contributed by atoms with E-state index in [4.69, 9.17) is 0 Å². The van der Waals surface area contributed by atoms with E-state index < -0.39 is 10.0 Å². The van der Waals surface area contributed by atoms with Crippen molar-refractivity contribution in [3.8, 4) is 17.2 Å². The number of benzene rings is 1. The van der Waals surface area contributed by atoms with Gasteiger partial charge in [0.25, 0.3) is 0 Å². The van der Waals surface area contributed by atoms with Gasteiger partial charge in [0, 0.05) is 29.0 Å². The molecule has 0 spiro atoms. The minimum atomic E-state index is -3.38. The molecule has 0 aliphatic rings. The molecule has 2 heterocycles. The zero-order valence-corrected chi connectivity index (χ0v) is 13.2. The molecule has 1 aromatic carbocycles. The van der Waals surface area contributed by atoms with Gasteiger partial charge in [-0.2, -0.15) is 5.26 Å². The fourth-order valence-electron chi connectivity index (χ4n) is 2.38. The summed E-state index contributed by atoms with van der Waals surface area (Å²) in [6.45, 7) is 1.56. The third kappa shape index (κ3) is 2.89. The number of aromatic nitrogens is 2. The van der Waals surface area contributed by atoms with E-state index in [1.807, 2.05) is 12.1 Å². The Kier molecular flexibility index (Phi) is 3.76. The monoisotopic (exact) mass is 326 g/mol. The molecule has 0 aliphatic heterocycles. The maximum absolute atomic E-state index is 11.7. The zero-order valence-electron chi connectivity index (χ0n) is 12.4. The van der Waals surface area contributed by atoms with Gasteiger partial charge in [-0.05, 0) is 36.8 Å². The highest BCUT2D eigenvalue weighted by Gasteiger charge is 2.13. The Labute approximate surface area is 133 Å². The van der Waals surface area contributed by atoms with Gasteiger partial charge in [-0.25, -0.2) is 13.4 Å². The normalized spacial score (nSPS) is 11.3. The highest BCUT2D eigenvalue weighted by molar-refractivity contribution is 7.92. The lowest BCUT2D eigenvalue weighted by molar-refractivity contribution is 0.602. The van der Waals surface area contributed by atoms with Gasteiger partial charge in [0.1, 0.15) is 5.65 Å². The van der Waals surface area contributed by atoms with Gasteiger partial charge in [-0.3, -0.25) is 4.72 Å². The lowest BCUT2D eigenvalue weighted by Crippen LogP contribution is -2.14. The maximum atomic E-state index is 11.7. The molecule has 0 saturated carbocycles. The minimum absolute atomic E-state index is 0.0229. The number of sulfonamides is 1. The molecule has 0 atom stereocenters. The number of pyridine rings is 1. The van der Waals surface area contributed by atoms with Crippen molar-refractivity contribution in [3.63, 3.8) is 0 Å². The van der Waals surface area contributed by atoms with Crippen LogP contribution in [0.3, 0.4) is 0 Å². The van der Waals surface area contributed by atoms with Gasteiger partial charge >= 0.3 is 0 Å². The van der Waals surface area contributed by atoms with Crippen LogP contribution in [0.1, 0.15) is 12.5 Å².